The SMILES string of the molecule is CC(C)Sc1ccc(CC2(C)OCCO2)cc1. The quantitative estimate of drug-likeness (QED) is 0.764. The largest absolute Gasteiger partial charge is 0.347 e. The Morgan fingerprint density at radius 2 is 1.76 bits per heavy atom. The summed E-state index contributed by atoms with van der Waals surface area (Å²) >= 11 is 1.89. The van der Waals surface area contributed by atoms with Crippen molar-refractivity contribution >= 4 is 11.8 Å². The zero-order valence-electron chi connectivity index (χ0n) is 10.7. The average Bonchev–Trinajstić information content (AvgIpc) is 2.67. The summed E-state index contributed by atoms with van der Waals surface area (Å²) in [6.45, 7) is 7.84. The Morgan fingerprint density at radius 3 is 2.29 bits per heavy atom. The lowest BCUT2D eigenvalue weighted by molar-refractivity contribution is -0.140. The fraction of sp³-hybridized carbons (Fsp3) is 0.571. The number of hydrogen-bond donors (Lipinski definition) is 0. The minimum Gasteiger partial charge on any atom is -0.347 e. The molecule has 94 valence electrons. The van der Waals surface area contributed by atoms with E-state index in [1.807, 2.05) is 18.7 Å². The molecule has 0 amide bonds. The molecule has 17 heavy (non-hydrogen) atoms. The van der Waals surface area contributed by atoms with Gasteiger partial charge in [0.05, 0.1) is 13.2 Å². The third-order valence-corrected chi connectivity index (χ3v) is 3.73. The van der Waals surface area contributed by atoms with Gasteiger partial charge in [-0.2, -0.15) is 0 Å². The van der Waals surface area contributed by atoms with Crippen LogP contribution in [0.5, 0.6) is 0 Å². The van der Waals surface area contributed by atoms with Crippen LogP contribution >= 0.6 is 11.8 Å². The highest BCUT2D eigenvalue weighted by atomic mass is 32.2. The van der Waals surface area contributed by atoms with E-state index in [0.29, 0.717) is 18.5 Å². The van der Waals surface area contributed by atoms with Crippen LogP contribution in [-0.4, -0.2) is 24.3 Å². The highest BCUT2D eigenvalue weighted by Gasteiger charge is 2.30. The van der Waals surface area contributed by atoms with E-state index in [4.69, 9.17) is 9.47 Å². The number of rotatable bonds is 4. The van der Waals surface area contributed by atoms with Gasteiger partial charge in [0.25, 0.3) is 0 Å². The first-order valence-corrected chi connectivity index (χ1v) is 6.99. The van der Waals surface area contributed by atoms with Crippen molar-refractivity contribution in [3.63, 3.8) is 0 Å². The van der Waals surface area contributed by atoms with Gasteiger partial charge in [-0.1, -0.05) is 26.0 Å². The second-order valence-electron chi connectivity index (χ2n) is 4.82. The lowest BCUT2D eigenvalue weighted by Crippen LogP contribution is -2.28. The van der Waals surface area contributed by atoms with Crippen LogP contribution in [0.1, 0.15) is 26.3 Å². The molecular formula is C14H20O2S. The molecule has 1 saturated heterocycles. The first-order valence-electron chi connectivity index (χ1n) is 6.11. The topological polar surface area (TPSA) is 18.5 Å². The van der Waals surface area contributed by atoms with Crippen molar-refractivity contribution < 1.29 is 9.47 Å². The zero-order valence-corrected chi connectivity index (χ0v) is 11.5. The molecule has 1 aromatic rings. The molecule has 0 aliphatic carbocycles. The van der Waals surface area contributed by atoms with Crippen LogP contribution in [0.2, 0.25) is 0 Å². The van der Waals surface area contributed by atoms with Gasteiger partial charge >= 0.3 is 0 Å². The van der Waals surface area contributed by atoms with Gasteiger partial charge in [-0.05, 0) is 24.6 Å². The molecule has 0 N–H and O–H groups in total. The first kappa shape index (κ1) is 12.9. The fourth-order valence-corrected chi connectivity index (χ4v) is 2.83. The molecular weight excluding hydrogens is 232 g/mol. The Morgan fingerprint density at radius 1 is 1.18 bits per heavy atom. The third-order valence-electron chi connectivity index (χ3n) is 2.72. The second kappa shape index (κ2) is 5.42. The predicted molar refractivity (Wildman–Crippen MR) is 71.4 cm³/mol. The minimum absolute atomic E-state index is 0.424. The summed E-state index contributed by atoms with van der Waals surface area (Å²) in [5.74, 6) is -0.424. The van der Waals surface area contributed by atoms with Crippen molar-refractivity contribution in [2.45, 2.75) is 43.1 Å². The summed E-state index contributed by atoms with van der Waals surface area (Å²) in [6.07, 6.45) is 0.819. The molecule has 0 atom stereocenters. The third kappa shape index (κ3) is 3.73. The van der Waals surface area contributed by atoms with Crippen LogP contribution in [0.3, 0.4) is 0 Å². The second-order valence-corrected chi connectivity index (χ2v) is 6.47. The van der Waals surface area contributed by atoms with Crippen LogP contribution in [0.15, 0.2) is 29.2 Å². The van der Waals surface area contributed by atoms with Gasteiger partial charge in [0.2, 0.25) is 0 Å². The van der Waals surface area contributed by atoms with Crippen molar-refractivity contribution in [2.24, 2.45) is 0 Å². The van der Waals surface area contributed by atoms with Gasteiger partial charge in [0.15, 0.2) is 5.79 Å². The van der Waals surface area contributed by atoms with Gasteiger partial charge in [0, 0.05) is 16.6 Å². The summed E-state index contributed by atoms with van der Waals surface area (Å²) in [6, 6.07) is 8.69. The number of ether oxygens (including phenoxy) is 2. The molecule has 1 heterocycles. The fourth-order valence-electron chi connectivity index (χ4n) is 1.99. The molecule has 1 aromatic carbocycles. The summed E-state index contributed by atoms with van der Waals surface area (Å²) < 4.78 is 11.2. The smallest absolute Gasteiger partial charge is 0.169 e. The van der Waals surface area contributed by atoms with Crippen molar-refractivity contribution in [3.8, 4) is 0 Å². The molecule has 1 fully saturated rings. The highest BCUT2D eigenvalue weighted by Crippen LogP contribution is 2.26. The van der Waals surface area contributed by atoms with Crippen LogP contribution in [-0.2, 0) is 15.9 Å². The first-order chi connectivity index (χ1) is 8.07. The van der Waals surface area contributed by atoms with Gasteiger partial charge < -0.3 is 9.47 Å². The van der Waals surface area contributed by atoms with Crippen LogP contribution in [0.4, 0.5) is 0 Å². The highest BCUT2D eigenvalue weighted by molar-refractivity contribution is 7.99. The Bertz CT molecular complexity index is 353. The summed E-state index contributed by atoms with van der Waals surface area (Å²) in [7, 11) is 0. The Hall–Kier alpha value is -0.510. The summed E-state index contributed by atoms with van der Waals surface area (Å²) in [5, 5.41) is 0.625. The maximum Gasteiger partial charge on any atom is 0.169 e. The molecule has 1 aliphatic heterocycles. The number of hydrogen-bond acceptors (Lipinski definition) is 3. The molecule has 2 nitrogen and oxygen atoms in total. The van der Waals surface area contributed by atoms with E-state index >= 15 is 0 Å². The van der Waals surface area contributed by atoms with Gasteiger partial charge in [-0.15, -0.1) is 11.8 Å². The lowest BCUT2D eigenvalue weighted by Gasteiger charge is -2.22. The molecule has 0 spiro atoms. The minimum atomic E-state index is -0.424. The molecule has 0 saturated carbocycles. The molecule has 1 aliphatic rings. The van der Waals surface area contributed by atoms with E-state index in [1.165, 1.54) is 10.5 Å². The van der Waals surface area contributed by atoms with E-state index < -0.39 is 5.79 Å². The number of thioether (sulfide) groups is 1. The molecule has 0 aromatic heterocycles. The van der Waals surface area contributed by atoms with Crippen molar-refractivity contribution in [1.29, 1.82) is 0 Å². The Kier molecular flexibility index (Phi) is 4.13. The number of benzene rings is 1. The van der Waals surface area contributed by atoms with E-state index in [-0.39, 0.29) is 0 Å². The maximum absolute atomic E-state index is 5.61. The summed E-state index contributed by atoms with van der Waals surface area (Å²) in [4.78, 5) is 1.32. The normalized spacial score (nSPS) is 18.8. The van der Waals surface area contributed by atoms with Crippen LogP contribution in [0.25, 0.3) is 0 Å². The average molecular weight is 252 g/mol. The zero-order chi connectivity index (χ0) is 12.3. The molecule has 2 rings (SSSR count). The Labute approximate surface area is 108 Å². The lowest BCUT2D eigenvalue weighted by atomic mass is 10.1. The predicted octanol–water partition coefficient (Wildman–Crippen LogP) is 3.49. The summed E-state index contributed by atoms with van der Waals surface area (Å²) in [5.41, 5.74) is 1.27. The van der Waals surface area contributed by atoms with Gasteiger partial charge in [-0.3, -0.25) is 0 Å². The van der Waals surface area contributed by atoms with Gasteiger partial charge in [-0.25, -0.2) is 0 Å². The van der Waals surface area contributed by atoms with Crippen molar-refractivity contribution in [2.75, 3.05) is 13.2 Å². The molecule has 0 radical (unpaired) electrons. The molecule has 0 unspecified atom stereocenters. The standard InChI is InChI=1S/C14H20O2S/c1-11(2)17-13-6-4-12(5-7-13)10-14(3)15-8-9-16-14/h4-7,11H,8-10H2,1-3H3. The van der Waals surface area contributed by atoms with E-state index in [9.17, 15) is 0 Å². The van der Waals surface area contributed by atoms with Gasteiger partial charge in [0.1, 0.15) is 0 Å². The molecule has 3 heteroatoms. The van der Waals surface area contributed by atoms with Crippen molar-refractivity contribution in [1.82, 2.24) is 0 Å². The van der Waals surface area contributed by atoms with Crippen LogP contribution in [0, 0.1) is 0 Å². The maximum atomic E-state index is 5.61. The molecule has 0 bridgehead atoms. The van der Waals surface area contributed by atoms with E-state index in [0.717, 1.165) is 6.42 Å². The Balaban J connectivity index is 1.98. The van der Waals surface area contributed by atoms with E-state index in [2.05, 4.69) is 38.1 Å². The monoisotopic (exact) mass is 252 g/mol. The van der Waals surface area contributed by atoms with E-state index in [1.54, 1.807) is 0 Å². The van der Waals surface area contributed by atoms with Crippen molar-refractivity contribution in [3.05, 3.63) is 29.8 Å². The van der Waals surface area contributed by atoms with Crippen LogP contribution < -0.4 is 0 Å².